The third-order valence-corrected chi connectivity index (χ3v) is 13.4. The highest BCUT2D eigenvalue weighted by Gasteiger charge is 2.82. The molecule has 10 nitrogen and oxygen atoms in total. The van der Waals surface area contributed by atoms with Gasteiger partial charge in [-0.3, -0.25) is 4.90 Å². The summed E-state index contributed by atoms with van der Waals surface area (Å²) >= 11 is 0. The van der Waals surface area contributed by atoms with Crippen LogP contribution < -0.4 is 9.47 Å². The third-order valence-electron chi connectivity index (χ3n) is 13.4. The fraction of sp³-hybridized carbons (Fsp3) is 0.816. The zero-order valence-electron chi connectivity index (χ0n) is 29.9. The molecule has 5 aliphatic carbocycles. The van der Waals surface area contributed by atoms with Crippen LogP contribution in [0.5, 0.6) is 11.5 Å². The molecule has 1 N–H and O–H groups in total. The van der Waals surface area contributed by atoms with Crippen LogP contribution in [0.25, 0.3) is 0 Å². The highest BCUT2D eigenvalue weighted by molar-refractivity contribution is 5.70. The summed E-state index contributed by atoms with van der Waals surface area (Å²) in [5.41, 5.74) is 0.108. The number of aliphatic hydroxyl groups is 1. The number of methoxy groups -OCH3 is 1. The molecule has 0 aromatic heterocycles. The minimum Gasteiger partial charge on any atom is -0.482 e. The molecule has 48 heavy (non-hydrogen) atoms. The van der Waals surface area contributed by atoms with Crippen molar-refractivity contribution in [3.63, 3.8) is 0 Å². The molecule has 2 spiro atoms. The van der Waals surface area contributed by atoms with Gasteiger partial charge in [-0.2, -0.15) is 0 Å². The van der Waals surface area contributed by atoms with Crippen LogP contribution in [0.2, 0.25) is 0 Å². The number of carbonyl (C=O) groups is 1. The molecule has 1 saturated heterocycles. The van der Waals surface area contributed by atoms with E-state index in [-0.39, 0.29) is 41.5 Å². The maximum atomic E-state index is 13.0. The average Bonchev–Trinajstić information content (AvgIpc) is 3.80. The molecule has 1 aromatic rings. The smallest absolute Gasteiger partial charge is 0.482 e. The number of likely N-dealkylation sites (tertiary alicyclic amines) is 1. The summed E-state index contributed by atoms with van der Waals surface area (Å²) in [6.45, 7) is 15.5. The van der Waals surface area contributed by atoms with Gasteiger partial charge < -0.3 is 38.3 Å². The van der Waals surface area contributed by atoms with Gasteiger partial charge >= 0.3 is 6.16 Å². The van der Waals surface area contributed by atoms with E-state index < -0.39 is 17.4 Å². The molecule has 2 aliphatic heterocycles. The molecular weight excluding hydrogens is 614 g/mol. The molecule has 0 unspecified atom stereocenters. The van der Waals surface area contributed by atoms with Gasteiger partial charge in [0.05, 0.1) is 38.6 Å². The molecular formula is C38H57NO9. The number of hydrogen-bond acceptors (Lipinski definition) is 10. The van der Waals surface area contributed by atoms with E-state index >= 15 is 0 Å². The number of hydrogen-bond donors (Lipinski definition) is 1. The van der Waals surface area contributed by atoms with Crippen LogP contribution in [0.15, 0.2) is 12.1 Å². The molecule has 0 radical (unpaired) electrons. The van der Waals surface area contributed by atoms with Gasteiger partial charge in [0.1, 0.15) is 18.3 Å². The van der Waals surface area contributed by atoms with E-state index in [4.69, 9.17) is 33.2 Å². The summed E-state index contributed by atoms with van der Waals surface area (Å²) < 4.78 is 41.4. The van der Waals surface area contributed by atoms with Crippen molar-refractivity contribution in [1.82, 2.24) is 4.90 Å². The van der Waals surface area contributed by atoms with Crippen LogP contribution >= 0.6 is 0 Å². The molecule has 8 rings (SSSR count). The minimum atomic E-state index is -0.993. The van der Waals surface area contributed by atoms with Gasteiger partial charge in [-0.15, -0.1) is 0 Å². The number of fused-ring (bicyclic) bond motifs is 2. The summed E-state index contributed by atoms with van der Waals surface area (Å²) in [7, 11) is 1.81. The third kappa shape index (κ3) is 5.22. The number of rotatable bonds is 15. The number of ether oxygens (including phenoxy) is 7. The van der Waals surface area contributed by atoms with Crippen LogP contribution in [-0.2, 0) is 35.5 Å². The Kier molecular flexibility index (Phi) is 9.11. The summed E-state index contributed by atoms with van der Waals surface area (Å²) in [5.74, 6) is 1.73. The van der Waals surface area contributed by atoms with Crippen molar-refractivity contribution in [3.8, 4) is 11.5 Å². The number of carbonyl (C=O) groups excluding carboxylic acids is 1. The number of piperidine rings is 1. The van der Waals surface area contributed by atoms with E-state index in [9.17, 15) is 9.90 Å². The minimum absolute atomic E-state index is 0.0729. The second-order valence-corrected chi connectivity index (χ2v) is 16.4. The summed E-state index contributed by atoms with van der Waals surface area (Å²) in [6, 6.07) is 4.40. The number of benzene rings is 1. The van der Waals surface area contributed by atoms with Crippen LogP contribution in [0.4, 0.5) is 4.79 Å². The Morgan fingerprint density at radius 1 is 1.00 bits per heavy atom. The Balaban J connectivity index is 1.14. The van der Waals surface area contributed by atoms with Crippen molar-refractivity contribution in [2.24, 2.45) is 22.7 Å². The first-order chi connectivity index (χ1) is 22.9. The second-order valence-electron chi connectivity index (χ2n) is 16.4. The van der Waals surface area contributed by atoms with Crippen molar-refractivity contribution < 1.29 is 43.1 Å². The highest BCUT2D eigenvalue weighted by atomic mass is 16.7. The maximum Gasteiger partial charge on any atom is 0.514 e. The Bertz CT molecular complexity index is 1360. The molecule has 0 amide bonds. The molecule has 1 aromatic carbocycles. The van der Waals surface area contributed by atoms with Crippen LogP contribution in [-0.4, -0.2) is 106 Å². The SMILES string of the molecule is CCOCCOCCOCCOC(=O)Oc1ccc2c3c1O[C@H]1[C@]4(OC)CC[C@@]5(C[C@@H]4[C@](C)(O)C(C)(C)C)[C@@H](C2)N(CC2CC2)CC[C@]315. The summed E-state index contributed by atoms with van der Waals surface area (Å²) in [4.78, 5) is 15.8. The fourth-order valence-corrected chi connectivity index (χ4v) is 10.5. The lowest BCUT2D eigenvalue weighted by molar-refractivity contribution is -0.312. The van der Waals surface area contributed by atoms with Crippen molar-refractivity contribution in [2.75, 3.05) is 66.4 Å². The van der Waals surface area contributed by atoms with Gasteiger partial charge in [-0.1, -0.05) is 26.8 Å². The topological polar surface area (TPSA) is 105 Å². The van der Waals surface area contributed by atoms with Gasteiger partial charge in [-0.05, 0) is 88.3 Å². The first kappa shape index (κ1) is 34.5. The van der Waals surface area contributed by atoms with Gasteiger partial charge in [0.15, 0.2) is 11.5 Å². The molecule has 2 heterocycles. The van der Waals surface area contributed by atoms with Crippen LogP contribution in [0.3, 0.4) is 0 Å². The van der Waals surface area contributed by atoms with Gasteiger partial charge in [0.2, 0.25) is 0 Å². The largest absolute Gasteiger partial charge is 0.514 e. The lowest BCUT2D eigenvalue weighted by atomic mass is 9.33. The van der Waals surface area contributed by atoms with Crippen LogP contribution in [0.1, 0.15) is 84.3 Å². The Morgan fingerprint density at radius 3 is 2.38 bits per heavy atom. The second kappa shape index (κ2) is 12.7. The molecule has 10 heteroatoms. The molecule has 5 fully saturated rings. The van der Waals surface area contributed by atoms with E-state index in [0.29, 0.717) is 50.6 Å². The lowest BCUT2D eigenvalue weighted by Crippen LogP contribution is -2.83. The summed E-state index contributed by atoms with van der Waals surface area (Å²) in [6.07, 6.45) is 6.25. The molecule has 4 saturated carbocycles. The van der Waals surface area contributed by atoms with E-state index in [1.807, 2.05) is 19.9 Å². The monoisotopic (exact) mass is 671 g/mol. The first-order valence-electron chi connectivity index (χ1n) is 18.4. The Labute approximate surface area is 286 Å². The maximum absolute atomic E-state index is 13.0. The fourth-order valence-electron chi connectivity index (χ4n) is 10.5. The van der Waals surface area contributed by atoms with Crippen molar-refractivity contribution in [1.29, 1.82) is 0 Å². The Hall–Kier alpha value is -1.95. The summed E-state index contributed by atoms with van der Waals surface area (Å²) in [5, 5.41) is 12.4. The predicted octanol–water partition coefficient (Wildman–Crippen LogP) is 5.29. The molecule has 7 atom stereocenters. The zero-order valence-corrected chi connectivity index (χ0v) is 29.9. The van der Waals surface area contributed by atoms with E-state index in [2.05, 4.69) is 31.7 Å². The van der Waals surface area contributed by atoms with Crippen molar-refractivity contribution >= 4 is 6.16 Å². The zero-order chi connectivity index (χ0) is 34.0. The first-order valence-corrected chi connectivity index (χ1v) is 18.4. The number of nitrogens with zero attached hydrogens (tertiary/aromatic N) is 1. The quantitative estimate of drug-likeness (QED) is 0.150. The lowest BCUT2D eigenvalue weighted by Gasteiger charge is -2.75. The highest BCUT2D eigenvalue weighted by Crippen LogP contribution is 2.78. The van der Waals surface area contributed by atoms with Gasteiger partial charge in [0.25, 0.3) is 0 Å². The van der Waals surface area contributed by atoms with Crippen molar-refractivity contribution in [2.45, 2.75) is 108 Å². The normalized spacial score (nSPS) is 34.4. The van der Waals surface area contributed by atoms with E-state index in [0.717, 1.165) is 51.1 Å². The van der Waals surface area contributed by atoms with E-state index in [1.165, 1.54) is 24.0 Å². The standard InChI is InChI=1S/C38H57NO9/c1-7-43-16-17-44-18-19-45-20-21-46-33(40)47-27-11-10-26-22-29-36-12-13-38(42-6,28(23-36)35(5,41)34(2,3)4)32-37(36,30(26)31(27)48-32)14-15-39(29)24-25-8-9-25/h10-11,25,28-29,32,41H,7-9,12-24H2,1-6H3/t28-,29-,32-,35+,36-,37+,38+/m1/s1. The molecule has 4 bridgehead atoms. The molecule has 268 valence electrons. The predicted molar refractivity (Wildman–Crippen MR) is 179 cm³/mol. The van der Waals surface area contributed by atoms with E-state index in [1.54, 1.807) is 7.11 Å². The van der Waals surface area contributed by atoms with Gasteiger partial charge in [0, 0.05) is 48.6 Å². The van der Waals surface area contributed by atoms with Gasteiger partial charge in [-0.25, -0.2) is 4.79 Å². The molecule has 7 aliphatic rings. The average molecular weight is 672 g/mol. The Morgan fingerprint density at radius 2 is 1.71 bits per heavy atom. The van der Waals surface area contributed by atoms with Crippen molar-refractivity contribution in [3.05, 3.63) is 23.3 Å². The van der Waals surface area contributed by atoms with Crippen LogP contribution in [0, 0.1) is 22.7 Å².